The van der Waals surface area contributed by atoms with Gasteiger partial charge in [-0.1, -0.05) is 12.1 Å². The summed E-state index contributed by atoms with van der Waals surface area (Å²) in [6.45, 7) is 1.11. The lowest BCUT2D eigenvalue weighted by atomic mass is 10.2. The predicted molar refractivity (Wildman–Crippen MR) is 89.1 cm³/mol. The van der Waals surface area contributed by atoms with E-state index in [1.165, 1.54) is 24.3 Å². The van der Waals surface area contributed by atoms with Crippen LogP contribution in [0, 0.1) is 0 Å². The lowest BCUT2D eigenvalue weighted by molar-refractivity contribution is -0.117. The van der Waals surface area contributed by atoms with Crippen molar-refractivity contribution in [1.82, 2.24) is 4.72 Å². The lowest BCUT2D eigenvalue weighted by Crippen LogP contribution is -2.28. The smallest absolute Gasteiger partial charge is 0.264 e. The highest BCUT2D eigenvalue weighted by Gasteiger charge is 2.15. The number of benzene rings is 2. The second kappa shape index (κ2) is 6.84. The van der Waals surface area contributed by atoms with Crippen molar-refractivity contribution in [3.05, 3.63) is 54.1 Å². The van der Waals surface area contributed by atoms with Gasteiger partial charge >= 0.3 is 0 Å². The van der Waals surface area contributed by atoms with Gasteiger partial charge in [-0.15, -0.1) is 12.6 Å². The fraction of sp³-hybridized carbons (Fsp3) is 0.0667. The summed E-state index contributed by atoms with van der Waals surface area (Å²) in [6, 6.07) is 12.3. The number of hydrogen-bond acceptors (Lipinski definition) is 5. The number of carbonyl (C=O) groups excluding carboxylic acids is 2. The molecule has 0 heterocycles. The largest absolute Gasteiger partial charge is 0.322 e. The van der Waals surface area contributed by atoms with Gasteiger partial charge in [-0.05, 0) is 36.4 Å². The van der Waals surface area contributed by atoms with E-state index in [1.54, 1.807) is 24.3 Å². The molecule has 2 amide bonds. The second-order valence-corrected chi connectivity index (χ2v) is 6.82. The first-order chi connectivity index (χ1) is 10.8. The first kappa shape index (κ1) is 17.0. The Balaban J connectivity index is 2.16. The van der Waals surface area contributed by atoms with Gasteiger partial charge in [0.1, 0.15) is 0 Å². The van der Waals surface area contributed by atoms with Crippen LogP contribution in [0.15, 0.2) is 58.3 Å². The van der Waals surface area contributed by atoms with E-state index in [1.807, 2.05) is 4.72 Å². The van der Waals surface area contributed by atoms with E-state index in [0.29, 0.717) is 16.1 Å². The van der Waals surface area contributed by atoms with E-state index in [9.17, 15) is 18.0 Å². The Bertz CT molecular complexity index is 846. The molecule has 0 unspecified atom stereocenters. The highest BCUT2D eigenvalue weighted by molar-refractivity contribution is 7.90. The molecule has 120 valence electrons. The van der Waals surface area contributed by atoms with E-state index in [0.717, 1.165) is 6.92 Å². The van der Waals surface area contributed by atoms with Gasteiger partial charge in [0, 0.05) is 17.5 Å². The first-order valence-corrected chi connectivity index (χ1v) is 8.45. The lowest BCUT2D eigenvalue weighted by Gasteiger charge is -2.08. The van der Waals surface area contributed by atoms with E-state index in [4.69, 9.17) is 0 Å². The molecule has 0 saturated carbocycles. The zero-order valence-electron chi connectivity index (χ0n) is 12.1. The summed E-state index contributed by atoms with van der Waals surface area (Å²) in [5.41, 5.74) is 0.833. The second-order valence-electron chi connectivity index (χ2n) is 4.66. The maximum absolute atomic E-state index is 12.1. The Labute approximate surface area is 139 Å². The number of thiol groups is 1. The highest BCUT2D eigenvalue weighted by atomic mass is 32.2. The fourth-order valence-corrected chi connectivity index (χ4v) is 3.08. The van der Waals surface area contributed by atoms with Crippen LogP contribution >= 0.6 is 12.6 Å². The van der Waals surface area contributed by atoms with Crippen molar-refractivity contribution in [2.24, 2.45) is 0 Å². The molecule has 0 aliphatic heterocycles. The summed E-state index contributed by atoms with van der Waals surface area (Å²) in [6.07, 6.45) is 0. The fourth-order valence-electron chi connectivity index (χ4n) is 1.83. The number of anilines is 1. The molecule has 6 nitrogen and oxygen atoms in total. The number of carbonyl (C=O) groups is 2. The molecule has 0 spiro atoms. The third-order valence-corrected chi connectivity index (χ3v) is 4.69. The Hall–Kier alpha value is -2.32. The van der Waals surface area contributed by atoms with Crippen LogP contribution in [0.25, 0.3) is 0 Å². The summed E-state index contributed by atoms with van der Waals surface area (Å²) in [5.74, 6) is -1.03. The average molecular weight is 350 g/mol. The first-order valence-electron chi connectivity index (χ1n) is 6.52. The number of sulfonamides is 1. The van der Waals surface area contributed by atoms with E-state index in [-0.39, 0.29) is 10.8 Å². The van der Waals surface area contributed by atoms with Gasteiger partial charge in [0.25, 0.3) is 15.9 Å². The molecule has 0 bridgehead atoms. The van der Waals surface area contributed by atoms with Crippen molar-refractivity contribution >= 4 is 40.2 Å². The van der Waals surface area contributed by atoms with E-state index < -0.39 is 15.9 Å². The van der Waals surface area contributed by atoms with Gasteiger partial charge in [0.05, 0.1) is 10.5 Å². The van der Waals surface area contributed by atoms with Gasteiger partial charge < -0.3 is 5.32 Å². The van der Waals surface area contributed by atoms with Gasteiger partial charge in [-0.3, -0.25) is 9.59 Å². The molecule has 0 saturated heterocycles. The predicted octanol–water partition coefficient (Wildman–Crippen LogP) is 2.05. The van der Waals surface area contributed by atoms with Crippen molar-refractivity contribution in [1.29, 1.82) is 0 Å². The summed E-state index contributed by atoms with van der Waals surface area (Å²) < 4.78 is 25.5. The third-order valence-electron chi connectivity index (χ3n) is 2.85. The minimum Gasteiger partial charge on any atom is -0.322 e. The number of amides is 2. The van der Waals surface area contributed by atoms with Gasteiger partial charge in [0.2, 0.25) is 5.91 Å². The summed E-state index contributed by atoms with van der Waals surface area (Å²) in [7, 11) is -3.89. The van der Waals surface area contributed by atoms with Crippen LogP contribution < -0.4 is 10.0 Å². The van der Waals surface area contributed by atoms with Crippen LogP contribution in [0.2, 0.25) is 0 Å². The van der Waals surface area contributed by atoms with E-state index in [2.05, 4.69) is 17.9 Å². The minimum absolute atomic E-state index is 0.0692. The zero-order valence-corrected chi connectivity index (χ0v) is 13.8. The summed E-state index contributed by atoms with van der Waals surface area (Å²) in [4.78, 5) is 23.5. The molecular weight excluding hydrogens is 336 g/mol. The van der Waals surface area contributed by atoms with Crippen molar-refractivity contribution in [2.75, 3.05) is 5.32 Å². The van der Waals surface area contributed by atoms with Crippen LogP contribution in [-0.2, 0) is 14.8 Å². The maximum atomic E-state index is 12.1. The zero-order chi connectivity index (χ0) is 17.0. The molecule has 2 aromatic carbocycles. The summed E-state index contributed by atoms with van der Waals surface area (Å²) >= 11 is 4.21. The molecule has 2 N–H and O–H groups in total. The van der Waals surface area contributed by atoms with Crippen LogP contribution in [0.3, 0.4) is 0 Å². The van der Waals surface area contributed by atoms with Crippen LogP contribution in [-0.4, -0.2) is 20.2 Å². The van der Waals surface area contributed by atoms with Crippen molar-refractivity contribution in [3.8, 4) is 0 Å². The topological polar surface area (TPSA) is 92.3 Å². The summed E-state index contributed by atoms with van der Waals surface area (Å²) in [5, 5.41) is 2.65. The molecule has 8 heteroatoms. The van der Waals surface area contributed by atoms with Crippen LogP contribution in [0.5, 0.6) is 0 Å². The molecule has 23 heavy (non-hydrogen) atoms. The number of rotatable bonds is 4. The molecule has 0 radical (unpaired) electrons. The Morgan fingerprint density at radius 2 is 1.61 bits per heavy atom. The molecule has 2 aromatic rings. The molecule has 0 aliphatic rings. The third kappa shape index (κ3) is 4.33. The number of nitrogens with one attached hydrogen (secondary N) is 2. The van der Waals surface area contributed by atoms with Crippen molar-refractivity contribution < 1.29 is 18.0 Å². The quantitative estimate of drug-likeness (QED) is 0.736. The Kier molecular flexibility index (Phi) is 5.07. The molecule has 0 aromatic heterocycles. The number of hydrogen-bond donors (Lipinski definition) is 3. The monoisotopic (exact) mass is 350 g/mol. The molecular formula is C15H14N2O4S2. The maximum Gasteiger partial charge on any atom is 0.264 e. The SMILES string of the molecule is CC(=O)NS(=O)(=O)c1ccc(NC(=O)c2ccccc2S)cc1. The van der Waals surface area contributed by atoms with Gasteiger partial charge in [-0.25, -0.2) is 13.1 Å². The van der Waals surface area contributed by atoms with Crippen molar-refractivity contribution in [3.63, 3.8) is 0 Å². The normalized spacial score (nSPS) is 10.9. The van der Waals surface area contributed by atoms with Crippen molar-refractivity contribution in [2.45, 2.75) is 16.7 Å². The average Bonchev–Trinajstić information content (AvgIpc) is 2.47. The molecule has 2 rings (SSSR count). The van der Waals surface area contributed by atoms with E-state index >= 15 is 0 Å². The minimum atomic E-state index is -3.89. The molecule has 0 atom stereocenters. The van der Waals surface area contributed by atoms with Crippen LogP contribution in [0.4, 0.5) is 5.69 Å². The standard InChI is InChI=1S/C15H14N2O4S2/c1-10(18)17-23(20,21)12-8-6-11(7-9-12)16-15(19)13-4-2-3-5-14(13)22/h2-9,22H,1H3,(H,16,19)(H,17,18). The van der Waals surface area contributed by atoms with Gasteiger partial charge in [0.15, 0.2) is 0 Å². The Morgan fingerprint density at radius 3 is 2.17 bits per heavy atom. The Morgan fingerprint density at radius 1 is 1.00 bits per heavy atom. The molecule has 0 aliphatic carbocycles. The molecule has 0 fully saturated rings. The van der Waals surface area contributed by atoms with Gasteiger partial charge in [-0.2, -0.15) is 0 Å². The van der Waals surface area contributed by atoms with Crippen LogP contribution in [0.1, 0.15) is 17.3 Å². The highest BCUT2D eigenvalue weighted by Crippen LogP contribution is 2.17.